The van der Waals surface area contributed by atoms with Crippen LogP contribution < -0.4 is 0 Å². The fourth-order valence-electron chi connectivity index (χ4n) is 0.957. The summed E-state index contributed by atoms with van der Waals surface area (Å²) in [5.41, 5.74) is 0. The Bertz CT molecular complexity index is 346. The monoisotopic (exact) mass is 391 g/mol. The van der Waals surface area contributed by atoms with Crippen molar-refractivity contribution in [2.45, 2.75) is 38.9 Å². The summed E-state index contributed by atoms with van der Waals surface area (Å²) in [5, 5.41) is -0.723. The fourth-order valence-corrected chi connectivity index (χ4v) is 4.58. The topological polar surface area (TPSA) is 52.6 Å². The van der Waals surface area contributed by atoms with Crippen molar-refractivity contribution in [1.29, 1.82) is 0 Å². The molecule has 0 aromatic rings. The van der Waals surface area contributed by atoms with E-state index in [1.165, 1.54) is 6.42 Å². The van der Waals surface area contributed by atoms with Crippen LogP contribution in [-0.2, 0) is 43.1 Å². The number of esters is 2. The van der Waals surface area contributed by atoms with Crippen molar-refractivity contribution in [3.63, 3.8) is 0 Å². The van der Waals surface area contributed by atoms with E-state index in [4.69, 9.17) is 24.1 Å². The van der Waals surface area contributed by atoms with Crippen LogP contribution in [0.25, 0.3) is 0 Å². The van der Waals surface area contributed by atoms with E-state index in [-0.39, 0.29) is 6.42 Å². The van der Waals surface area contributed by atoms with Gasteiger partial charge in [0.2, 0.25) is 0 Å². The van der Waals surface area contributed by atoms with Gasteiger partial charge in [-0.05, 0) is 32.7 Å². The molecule has 0 spiro atoms. The van der Waals surface area contributed by atoms with Gasteiger partial charge in [0.15, 0.2) is 0 Å². The molecule has 0 rings (SSSR count). The number of ether oxygens (including phenoxy) is 2. The van der Waals surface area contributed by atoms with Crippen LogP contribution in [-0.4, -0.2) is 42.8 Å². The Labute approximate surface area is 147 Å². The molecule has 2 atom stereocenters. The first-order chi connectivity index (χ1) is 9.67. The zero-order valence-electron chi connectivity index (χ0n) is 12.9. The lowest BCUT2D eigenvalue weighted by molar-refractivity contribution is -0.149. The minimum atomic E-state index is -1.35. The van der Waals surface area contributed by atoms with Gasteiger partial charge in [-0.1, -0.05) is 6.92 Å². The molecular weight excluding hydrogens is 367 g/mol. The average Bonchev–Trinajstić information content (AvgIpc) is 2.36. The van der Waals surface area contributed by atoms with E-state index < -0.39 is 21.6 Å². The van der Waals surface area contributed by atoms with Gasteiger partial charge in [0, 0.05) is 0 Å². The molecule has 0 aliphatic rings. The molecule has 0 aromatic heterocycles. The zero-order chi connectivity index (χ0) is 16.9. The molecule has 126 valence electrons. The minimum absolute atomic E-state index is 0.0458. The molecule has 4 nitrogen and oxygen atoms in total. The molecule has 0 heterocycles. The lowest BCUT2D eigenvalue weighted by atomic mass is 10.3. The van der Waals surface area contributed by atoms with E-state index in [0.29, 0.717) is 13.2 Å². The number of carbonyl (C=O) groups is 2. The lowest BCUT2D eigenvalue weighted by Crippen LogP contribution is -2.22. The summed E-state index contributed by atoms with van der Waals surface area (Å²) < 4.78 is 7.96. The fraction of sp³-hybridized carbons (Fsp3) is 0.833. The molecule has 21 heavy (non-hydrogen) atoms. The Morgan fingerprint density at radius 2 is 1.81 bits per heavy atom. The van der Waals surface area contributed by atoms with Gasteiger partial charge in [-0.25, -0.2) is 0 Å². The van der Waals surface area contributed by atoms with Crippen molar-refractivity contribution >= 4 is 64.4 Å². The standard InChI is InChI=1S/C8H14O4S.C4H11PS3/c1-3-11-7(9)5-6(13)8(10)12-4-2;1-3-4-8-5(2,6)7/h6,13H,3-5H2,1-2H3;3-4H2,1-2H3,(H,6,7)/p-1. The van der Waals surface area contributed by atoms with Gasteiger partial charge in [0.25, 0.3) is 0 Å². The SMILES string of the molecule is CCCSP(C)(=S)[S-].CCOC(=O)CC(S)C(=O)OCC. The Hall–Kier alpha value is 0.640. The van der Waals surface area contributed by atoms with Crippen molar-refractivity contribution in [3.05, 3.63) is 0 Å². The Morgan fingerprint density at radius 1 is 1.29 bits per heavy atom. The highest BCUT2D eigenvalue weighted by molar-refractivity contribution is 8.92. The van der Waals surface area contributed by atoms with Crippen molar-refractivity contribution in [3.8, 4) is 0 Å². The highest BCUT2D eigenvalue weighted by Crippen LogP contribution is 2.53. The van der Waals surface area contributed by atoms with Crippen LogP contribution in [0.3, 0.4) is 0 Å². The number of hydrogen-bond acceptors (Lipinski definition) is 8. The zero-order valence-corrected chi connectivity index (χ0v) is 17.1. The Balaban J connectivity index is 0. The maximum atomic E-state index is 11.0. The first-order valence-corrected chi connectivity index (χ1v) is 13.0. The number of thiol groups is 1. The summed E-state index contributed by atoms with van der Waals surface area (Å²) in [7, 11) is 0. The smallest absolute Gasteiger partial charge is 0.319 e. The molecule has 0 amide bonds. The van der Waals surface area contributed by atoms with Crippen LogP contribution >= 0.6 is 28.5 Å². The highest BCUT2D eigenvalue weighted by atomic mass is 33.2. The Morgan fingerprint density at radius 3 is 2.14 bits per heavy atom. The van der Waals surface area contributed by atoms with Gasteiger partial charge in [0.05, 0.1) is 19.6 Å². The van der Waals surface area contributed by atoms with Crippen LogP contribution in [0, 0.1) is 0 Å². The van der Waals surface area contributed by atoms with E-state index in [9.17, 15) is 9.59 Å². The predicted octanol–water partition coefficient (Wildman–Crippen LogP) is 3.42. The van der Waals surface area contributed by atoms with Crippen molar-refractivity contribution in [1.82, 2.24) is 0 Å². The van der Waals surface area contributed by atoms with Crippen LogP contribution in [0.2, 0.25) is 0 Å². The van der Waals surface area contributed by atoms with Crippen LogP contribution in [0.5, 0.6) is 0 Å². The maximum Gasteiger partial charge on any atom is 0.319 e. The molecule has 0 saturated heterocycles. The molecule has 0 aliphatic heterocycles. The quantitative estimate of drug-likeness (QED) is 0.294. The Kier molecular flexibility index (Phi) is 16.2. The second-order valence-electron chi connectivity index (χ2n) is 3.88. The third-order valence-corrected chi connectivity index (χ3v) is 7.06. The average molecular weight is 392 g/mol. The molecule has 0 fully saturated rings. The van der Waals surface area contributed by atoms with Gasteiger partial charge < -0.3 is 21.7 Å². The van der Waals surface area contributed by atoms with Gasteiger partial charge in [0.1, 0.15) is 5.25 Å². The molecule has 0 saturated carbocycles. The van der Waals surface area contributed by atoms with Crippen molar-refractivity contribution in [2.75, 3.05) is 25.6 Å². The first-order valence-electron chi connectivity index (χ1n) is 6.61. The molecule has 0 aliphatic carbocycles. The molecule has 0 aromatic carbocycles. The minimum Gasteiger partial charge on any atom is -0.736 e. The summed E-state index contributed by atoms with van der Waals surface area (Å²) in [5.74, 6) is 0.214. The van der Waals surface area contributed by atoms with Crippen LogP contribution in [0.4, 0.5) is 0 Å². The summed E-state index contributed by atoms with van der Waals surface area (Å²) in [4.78, 5) is 21.9. The van der Waals surface area contributed by atoms with Crippen molar-refractivity contribution < 1.29 is 19.1 Å². The van der Waals surface area contributed by atoms with Gasteiger partial charge >= 0.3 is 11.9 Å². The summed E-state index contributed by atoms with van der Waals surface area (Å²) >= 11 is 15.8. The lowest BCUT2D eigenvalue weighted by Gasteiger charge is -2.20. The molecule has 0 N–H and O–H groups in total. The number of rotatable bonds is 8. The largest absolute Gasteiger partial charge is 0.736 e. The molecule has 0 bridgehead atoms. The molecular formula is C12H24O4PS4-. The van der Waals surface area contributed by atoms with Gasteiger partial charge in [-0.2, -0.15) is 12.6 Å². The third kappa shape index (κ3) is 18.6. The molecule has 9 heteroatoms. The van der Waals surface area contributed by atoms with E-state index in [1.54, 1.807) is 25.2 Å². The second kappa shape index (κ2) is 14.2. The van der Waals surface area contributed by atoms with E-state index in [0.717, 1.165) is 5.75 Å². The normalized spacial score (nSPS) is 14.2. The van der Waals surface area contributed by atoms with Gasteiger partial charge in [-0.15, -0.1) is 27.6 Å². The number of carbonyl (C=O) groups excluding carboxylic acids is 2. The third-order valence-electron chi connectivity index (χ3n) is 1.75. The summed E-state index contributed by atoms with van der Waals surface area (Å²) in [6.45, 7) is 8.14. The summed E-state index contributed by atoms with van der Waals surface area (Å²) in [6.07, 6.45) is 1.14. The van der Waals surface area contributed by atoms with Crippen LogP contribution in [0.1, 0.15) is 33.6 Å². The van der Waals surface area contributed by atoms with Gasteiger partial charge in [-0.3, -0.25) is 9.59 Å². The van der Waals surface area contributed by atoms with Crippen LogP contribution in [0.15, 0.2) is 0 Å². The van der Waals surface area contributed by atoms with E-state index >= 15 is 0 Å². The van der Waals surface area contributed by atoms with E-state index in [2.05, 4.69) is 29.0 Å². The molecule has 0 radical (unpaired) electrons. The maximum absolute atomic E-state index is 11.0. The molecule has 2 unspecified atom stereocenters. The predicted molar refractivity (Wildman–Crippen MR) is 101 cm³/mol. The second-order valence-corrected chi connectivity index (χ2v) is 16.1. The summed E-state index contributed by atoms with van der Waals surface area (Å²) in [6, 6.07) is 0. The highest BCUT2D eigenvalue weighted by Gasteiger charge is 2.19. The first kappa shape index (κ1) is 23.9. The van der Waals surface area contributed by atoms with Crippen molar-refractivity contribution in [2.24, 2.45) is 0 Å². The number of hydrogen-bond donors (Lipinski definition) is 1. The van der Waals surface area contributed by atoms with E-state index in [1.807, 2.05) is 6.66 Å².